The van der Waals surface area contributed by atoms with Crippen LogP contribution in [0.2, 0.25) is 0 Å². The summed E-state index contributed by atoms with van der Waals surface area (Å²) in [5, 5.41) is 3.42. The molecule has 0 spiro atoms. The molecule has 80 valence electrons. The first-order valence-corrected chi connectivity index (χ1v) is 5.41. The van der Waals surface area contributed by atoms with Crippen molar-refractivity contribution in [1.29, 1.82) is 0 Å². The van der Waals surface area contributed by atoms with Crippen molar-refractivity contribution in [3.8, 4) is 0 Å². The zero-order valence-electron chi connectivity index (χ0n) is 9.40. The van der Waals surface area contributed by atoms with Gasteiger partial charge in [-0.25, -0.2) is 4.98 Å². The monoisotopic (exact) mass is 195 g/mol. The molecule has 1 N–H and O–H groups in total. The molecule has 3 heteroatoms. The molecular weight excluding hydrogens is 174 g/mol. The number of imidazole rings is 1. The highest BCUT2D eigenvalue weighted by molar-refractivity contribution is 4.78. The average molecular weight is 195 g/mol. The summed E-state index contributed by atoms with van der Waals surface area (Å²) in [7, 11) is 0. The fourth-order valence-corrected chi connectivity index (χ4v) is 1.47. The Hall–Kier alpha value is -0.830. The van der Waals surface area contributed by atoms with Crippen molar-refractivity contribution in [3.63, 3.8) is 0 Å². The van der Waals surface area contributed by atoms with Crippen LogP contribution in [0.25, 0.3) is 0 Å². The van der Waals surface area contributed by atoms with Crippen LogP contribution in [0.3, 0.4) is 0 Å². The van der Waals surface area contributed by atoms with Crippen LogP contribution in [0, 0.1) is 0 Å². The number of hydrogen-bond acceptors (Lipinski definition) is 2. The van der Waals surface area contributed by atoms with E-state index in [1.165, 1.54) is 12.8 Å². The highest BCUT2D eigenvalue weighted by Gasteiger charge is 2.02. The summed E-state index contributed by atoms with van der Waals surface area (Å²) in [5.74, 6) is 0. The predicted molar refractivity (Wildman–Crippen MR) is 59.3 cm³/mol. The minimum atomic E-state index is 0.562. The van der Waals surface area contributed by atoms with Crippen LogP contribution in [-0.4, -0.2) is 22.1 Å². The van der Waals surface area contributed by atoms with Crippen molar-refractivity contribution in [2.24, 2.45) is 0 Å². The maximum Gasteiger partial charge on any atom is 0.0948 e. The molecule has 0 saturated carbocycles. The van der Waals surface area contributed by atoms with E-state index < -0.39 is 0 Å². The lowest BCUT2D eigenvalue weighted by molar-refractivity contribution is 0.464. The van der Waals surface area contributed by atoms with E-state index in [-0.39, 0.29) is 0 Å². The molecule has 0 radical (unpaired) electrons. The maximum atomic E-state index is 4.05. The van der Waals surface area contributed by atoms with Gasteiger partial charge in [0.05, 0.1) is 6.33 Å². The lowest BCUT2D eigenvalue weighted by atomic mass is 10.2. The Labute approximate surface area is 86.5 Å². The molecule has 0 amide bonds. The third-order valence-electron chi connectivity index (χ3n) is 2.39. The molecule has 1 unspecified atom stereocenters. The standard InChI is InChI=1S/C11H21N3/c1-10(2)13-6-4-5-11(3)14-8-7-12-9-14/h7-11,13H,4-6H2,1-3H3. The van der Waals surface area contributed by atoms with Crippen molar-refractivity contribution >= 4 is 0 Å². The van der Waals surface area contributed by atoms with Gasteiger partial charge < -0.3 is 9.88 Å². The SMILES string of the molecule is CC(C)NCCCC(C)n1ccnc1. The van der Waals surface area contributed by atoms with Crippen LogP contribution in [0.4, 0.5) is 0 Å². The molecule has 0 aliphatic carbocycles. The average Bonchev–Trinajstić information content (AvgIpc) is 2.64. The molecule has 0 saturated heterocycles. The summed E-state index contributed by atoms with van der Waals surface area (Å²) in [4.78, 5) is 4.05. The maximum absolute atomic E-state index is 4.05. The Bertz CT molecular complexity index is 229. The molecule has 14 heavy (non-hydrogen) atoms. The summed E-state index contributed by atoms with van der Waals surface area (Å²) >= 11 is 0. The zero-order chi connectivity index (χ0) is 10.4. The molecule has 1 rings (SSSR count). The van der Waals surface area contributed by atoms with Gasteiger partial charge in [0.25, 0.3) is 0 Å². The van der Waals surface area contributed by atoms with Crippen molar-refractivity contribution in [2.45, 2.75) is 45.7 Å². The van der Waals surface area contributed by atoms with Crippen LogP contribution in [0.5, 0.6) is 0 Å². The molecule has 1 aromatic rings. The van der Waals surface area contributed by atoms with Gasteiger partial charge in [-0.3, -0.25) is 0 Å². The minimum Gasteiger partial charge on any atom is -0.335 e. The second kappa shape index (κ2) is 5.81. The Kier molecular flexibility index (Phi) is 4.66. The normalized spacial score (nSPS) is 13.4. The van der Waals surface area contributed by atoms with Gasteiger partial charge >= 0.3 is 0 Å². The minimum absolute atomic E-state index is 0.562. The summed E-state index contributed by atoms with van der Waals surface area (Å²) in [6, 6.07) is 1.16. The predicted octanol–water partition coefficient (Wildman–Crippen LogP) is 2.22. The smallest absolute Gasteiger partial charge is 0.0948 e. The van der Waals surface area contributed by atoms with Crippen molar-refractivity contribution in [1.82, 2.24) is 14.9 Å². The van der Waals surface area contributed by atoms with E-state index >= 15 is 0 Å². The van der Waals surface area contributed by atoms with Gasteiger partial charge in [0.15, 0.2) is 0 Å². The lowest BCUT2D eigenvalue weighted by Crippen LogP contribution is -2.24. The number of hydrogen-bond donors (Lipinski definition) is 1. The second-order valence-electron chi connectivity index (χ2n) is 4.11. The van der Waals surface area contributed by atoms with E-state index in [0.717, 1.165) is 6.54 Å². The fourth-order valence-electron chi connectivity index (χ4n) is 1.47. The van der Waals surface area contributed by atoms with Crippen LogP contribution in [0.15, 0.2) is 18.7 Å². The van der Waals surface area contributed by atoms with Crippen molar-refractivity contribution in [2.75, 3.05) is 6.54 Å². The highest BCUT2D eigenvalue weighted by atomic mass is 15.0. The Morgan fingerprint density at radius 2 is 2.14 bits per heavy atom. The molecule has 0 aromatic carbocycles. The van der Waals surface area contributed by atoms with E-state index in [1.807, 2.05) is 18.7 Å². The first kappa shape index (κ1) is 11.2. The molecule has 1 atom stereocenters. The second-order valence-corrected chi connectivity index (χ2v) is 4.11. The molecule has 1 aromatic heterocycles. The Morgan fingerprint density at radius 3 is 2.71 bits per heavy atom. The van der Waals surface area contributed by atoms with E-state index in [1.54, 1.807) is 0 Å². The van der Waals surface area contributed by atoms with Gasteiger partial charge in [0.2, 0.25) is 0 Å². The van der Waals surface area contributed by atoms with Crippen LogP contribution in [-0.2, 0) is 0 Å². The van der Waals surface area contributed by atoms with Gasteiger partial charge in [-0.05, 0) is 26.3 Å². The number of aromatic nitrogens is 2. The third kappa shape index (κ3) is 3.92. The molecular formula is C11H21N3. The first-order valence-electron chi connectivity index (χ1n) is 5.41. The molecule has 0 aliphatic rings. The molecule has 3 nitrogen and oxygen atoms in total. The molecule has 0 bridgehead atoms. The van der Waals surface area contributed by atoms with Gasteiger partial charge in [0, 0.05) is 24.5 Å². The fraction of sp³-hybridized carbons (Fsp3) is 0.727. The third-order valence-corrected chi connectivity index (χ3v) is 2.39. The summed E-state index contributed by atoms with van der Waals surface area (Å²) in [6.07, 6.45) is 8.18. The topological polar surface area (TPSA) is 29.9 Å². The van der Waals surface area contributed by atoms with Gasteiger partial charge in [-0.15, -0.1) is 0 Å². The van der Waals surface area contributed by atoms with Crippen molar-refractivity contribution in [3.05, 3.63) is 18.7 Å². The summed E-state index contributed by atoms with van der Waals surface area (Å²) in [5.41, 5.74) is 0. The van der Waals surface area contributed by atoms with Crippen molar-refractivity contribution < 1.29 is 0 Å². The molecule has 0 aliphatic heterocycles. The van der Waals surface area contributed by atoms with Gasteiger partial charge in [-0.1, -0.05) is 13.8 Å². The van der Waals surface area contributed by atoms with E-state index in [4.69, 9.17) is 0 Å². The van der Waals surface area contributed by atoms with Gasteiger partial charge in [-0.2, -0.15) is 0 Å². The number of nitrogens with zero attached hydrogens (tertiary/aromatic N) is 2. The highest BCUT2D eigenvalue weighted by Crippen LogP contribution is 2.11. The molecule has 1 heterocycles. The quantitative estimate of drug-likeness (QED) is 0.705. The van der Waals surface area contributed by atoms with Crippen LogP contribution >= 0.6 is 0 Å². The Balaban J connectivity index is 2.13. The molecule has 0 fully saturated rings. The lowest BCUT2D eigenvalue weighted by Gasteiger charge is -2.13. The van der Waals surface area contributed by atoms with Crippen LogP contribution < -0.4 is 5.32 Å². The largest absolute Gasteiger partial charge is 0.335 e. The summed E-state index contributed by atoms with van der Waals surface area (Å²) in [6.45, 7) is 7.70. The number of rotatable bonds is 6. The van der Waals surface area contributed by atoms with E-state index in [0.29, 0.717) is 12.1 Å². The first-order chi connectivity index (χ1) is 6.70. The Morgan fingerprint density at radius 1 is 1.36 bits per heavy atom. The number of nitrogens with one attached hydrogen (secondary N) is 1. The van der Waals surface area contributed by atoms with E-state index in [9.17, 15) is 0 Å². The van der Waals surface area contributed by atoms with Gasteiger partial charge in [0.1, 0.15) is 0 Å². The zero-order valence-corrected chi connectivity index (χ0v) is 9.40. The van der Waals surface area contributed by atoms with E-state index in [2.05, 4.69) is 35.6 Å². The summed E-state index contributed by atoms with van der Waals surface area (Å²) < 4.78 is 2.16. The van der Waals surface area contributed by atoms with Crippen LogP contribution in [0.1, 0.15) is 39.7 Å².